The van der Waals surface area contributed by atoms with Crippen molar-refractivity contribution in [2.45, 2.75) is 19.0 Å². The second-order valence-electron chi connectivity index (χ2n) is 7.07. The maximum Gasteiger partial charge on any atom is 0.416 e. The van der Waals surface area contributed by atoms with Crippen LogP contribution in [0.15, 0.2) is 66.7 Å². The number of halogens is 3. The summed E-state index contributed by atoms with van der Waals surface area (Å²) in [4.78, 5) is 32.5. The van der Waals surface area contributed by atoms with Crippen LogP contribution in [0.5, 0.6) is 11.5 Å². The highest BCUT2D eigenvalue weighted by atomic mass is 19.4. The van der Waals surface area contributed by atoms with Crippen molar-refractivity contribution in [1.82, 2.24) is 0 Å². The SMILES string of the molecule is O=C(CCc1ccc(Oc2cc([N+](=O)[O-])cc([N+](=O)[O-])c2)cc1)Nc1cccc(C(F)(F)F)c1. The minimum atomic E-state index is -4.51. The van der Waals surface area contributed by atoms with Gasteiger partial charge in [0.2, 0.25) is 5.91 Å². The zero-order valence-corrected chi connectivity index (χ0v) is 17.2. The van der Waals surface area contributed by atoms with Crippen molar-refractivity contribution in [1.29, 1.82) is 0 Å². The van der Waals surface area contributed by atoms with E-state index in [2.05, 4.69) is 5.32 Å². The number of nitro groups is 2. The molecule has 1 N–H and O–H groups in total. The molecule has 0 fully saturated rings. The Hall–Kier alpha value is -4.48. The summed E-state index contributed by atoms with van der Waals surface area (Å²) in [5, 5.41) is 24.4. The fourth-order valence-corrected chi connectivity index (χ4v) is 2.95. The number of aryl methyl sites for hydroxylation is 1. The molecule has 0 saturated heterocycles. The van der Waals surface area contributed by atoms with E-state index in [-0.39, 0.29) is 30.0 Å². The summed E-state index contributed by atoms with van der Waals surface area (Å²) < 4.78 is 43.8. The van der Waals surface area contributed by atoms with Gasteiger partial charge in [0, 0.05) is 12.1 Å². The number of nitro benzene ring substituents is 2. The first-order chi connectivity index (χ1) is 16.0. The standard InChI is InChI=1S/C22H16F3N3O6/c23-22(24,25)15-2-1-3-16(10-15)26-21(29)9-6-14-4-7-19(8-5-14)34-20-12-17(27(30)31)11-18(13-20)28(32)33/h1-5,7-8,10-13H,6,9H2,(H,26,29). The van der Waals surface area contributed by atoms with Crippen molar-refractivity contribution in [3.05, 3.63) is 98.1 Å². The van der Waals surface area contributed by atoms with E-state index >= 15 is 0 Å². The molecule has 0 heterocycles. The number of hydrogen-bond acceptors (Lipinski definition) is 6. The largest absolute Gasteiger partial charge is 0.457 e. The molecule has 0 bridgehead atoms. The van der Waals surface area contributed by atoms with Crippen LogP contribution < -0.4 is 10.1 Å². The number of benzene rings is 3. The number of carbonyl (C=O) groups excluding carboxylic acids is 1. The lowest BCUT2D eigenvalue weighted by Gasteiger charge is -2.10. The Morgan fingerprint density at radius 2 is 1.50 bits per heavy atom. The molecule has 0 aliphatic rings. The molecule has 0 unspecified atom stereocenters. The highest BCUT2D eigenvalue weighted by Gasteiger charge is 2.30. The lowest BCUT2D eigenvalue weighted by Crippen LogP contribution is -2.13. The van der Waals surface area contributed by atoms with Gasteiger partial charge in [0.1, 0.15) is 11.5 Å². The quantitative estimate of drug-likeness (QED) is 0.320. The van der Waals surface area contributed by atoms with Gasteiger partial charge in [0.25, 0.3) is 11.4 Å². The van der Waals surface area contributed by atoms with Crippen molar-refractivity contribution in [3.63, 3.8) is 0 Å². The molecule has 0 aromatic heterocycles. The van der Waals surface area contributed by atoms with Crippen LogP contribution >= 0.6 is 0 Å². The monoisotopic (exact) mass is 475 g/mol. The maximum absolute atomic E-state index is 12.8. The number of non-ortho nitro benzene ring substituents is 2. The number of alkyl halides is 3. The fourth-order valence-electron chi connectivity index (χ4n) is 2.95. The van der Waals surface area contributed by atoms with E-state index in [1.165, 1.54) is 24.3 Å². The van der Waals surface area contributed by atoms with Crippen molar-refractivity contribution in [2.24, 2.45) is 0 Å². The molecular formula is C22H16F3N3O6. The maximum atomic E-state index is 12.8. The molecule has 3 aromatic rings. The van der Waals surface area contributed by atoms with Crippen LogP contribution in [-0.2, 0) is 17.4 Å². The Morgan fingerprint density at radius 3 is 2.06 bits per heavy atom. The minimum Gasteiger partial charge on any atom is -0.457 e. The van der Waals surface area contributed by atoms with Gasteiger partial charge in [-0.25, -0.2) is 0 Å². The van der Waals surface area contributed by atoms with Crippen LogP contribution in [0.25, 0.3) is 0 Å². The number of ether oxygens (including phenoxy) is 1. The fraction of sp³-hybridized carbons (Fsp3) is 0.136. The summed E-state index contributed by atoms with van der Waals surface area (Å²) in [5.41, 5.74) is -1.10. The number of carbonyl (C=O) groups is 1. The summed E-state index contributed by atoms with van der Waals surface area (Å²) in [5.74, 6) is -0.301. The van der Waals surface area contributed by atoms with E-state index < -0.39 is 38.9 Å². The molecule has 0 saturated carbocycles. The molecule has 1 amide bonds. The first-order valence-electron chi connectivity index (χ1n) is 9.69. The molecule has 0 aliphatic heterocycles. The lowest BCUT2D eigenvalue weighted by atomic mass is 10.1. The Bertz CT molecular complexity index is 1200. The highest BCUT2D eigenvalue weighted by Crippen LogP contribution is 2.32. The van der Waals surface area contributed by atoms with Crippen molar-refractivity contribution < 1.29 is 32.5 Å². The van der Waals surface area contributed by atoms with Gasteiger partial charge >= 0.3 is 6.18 Å². The number of amides is 1. The molecule has 3 aromatic carbocycles. The summed E-state index contributed by atoms with van der Waals surface area (Å²) in [6, 6.07) is 13.5. The molecule has 34 heavy (non-hydrogen) atoms. The Morgan fingerprint density at radius 1 is 0.882 bits per heavy atom. The van der Waals surface area contributed by atoms with Gasteiger partial charge in [0.05, 0.1) is 33.6 Å². The predicted molar refractivity (Wildman–Crippen MR) is 115 cm³/mol. The second kappa shape index (κ2) is 9.98. The number of rotatable bonds is 8. The number of anilines is 1. The van der Waals surface area contributed by atoms with E-state index in [9.17, 15) is 38.2 Å². The van der Waals surface area contributed by atoms with Gasteiger partial charge in [-0.2, -0.15) is 13.2 Å². The minimum absolute atomic E-state index is 0.00746. The van der Waals surface area contributed by atoms with E-state index in [0.29, 0.717) is 0 Å². The smallest absolute Gasteiger partial charge is 0.416 e. The van der Waals surface area contributed by atoms with Crippen molar-refractivity contribution in [2.75, 3.05) is 5.32 Å². The van der Waals surface area contributed by atoms with Gasteiger partial charge in [0.15, 0.2) is 0 Å². The zero-order valence-electron chi connectivity index (χ0n) is 17.2. The third-order valence-corrected chi connectivity index (χ3v) is 4.57. The van der Waals surface area contributed by atoms with Gasteiger partial charge < -0.3 is 10.1 Å². The number of nitrogens with zero attached hydrogens (tertiary/aromatic N) is 2. The molecule has 3 rings (SSSR count). The molecule has 0 aliphatic carbocycles. The van der Waals surface area contributed by atoms with E-state index in [0.717, 1.165) is 35.9 Å². The lowest BCUT2D eigenvalue weighted by molar-refractivity contribution is -0.394. The van der Waals surface area contributed by atoms with Crippen LogP contribution in [0, 0.1) is 20.2 Å². The molecule has 9 nitrogen and oxygen atoms in total. The van der Waals surface area contributed by atoms with Crippen molar-refractivity contribution >= 4 is 23.0 Å². The van der Waals surface area contributed by atoms with Gasteiger partial charge in [-0.3, -0.25) is 25.0 Å². The summed E-state index contributed by atoms with van der Waals surface area (Å²) in [6.45, 7) is 0. The van der Waals surface area contributed by atoms with E-state index in [1.54, 1.807) is 12.1 Å². The predicted octanol–water partition coefficient (Wildman–Crippen LogP) is 5.89. The van der Waals surface area contributed by atoms with Gasteiger partial charge in [-0.05, 0) is 42.3 Å². The topological polar surface area (TPSA) is 125 Å². The third-order valence-electron chi connectivity index (χ3n) is 4.57. The molecule has 0 atom stereocenters. The Labute approximate surface area is 190 Å². The average Bonchev–Trinajstić information content (AvgIpc) is 2.78. The first-order valence-corrected chi connectivity index (χ1v) is 9.69. The van der Waals surface area contributed by atoms with Crippen LogP contribution in [0.2, 0.25) is 0 Å². The second-order valence-corrected chi connectivity index (χ2v) is 7.07. The summed E-state index contributed by atoms with van der Waals surface area (Å²) >= 11 is 0. The Balaban J connectivity index is 1.60. The zero-order chi connectivity index (χ0) is 24.9. The average molecular weight is 475 g/mol. The van der Waals surface area contributed by atoms with Gasteiger partial charge in [-0.15, -0.1) is 0 Å². The molecular weight excluding hydrogens is 459 g/mol. The summed E-state index contributed by atoms with van der Waals surface area (Å²) in [6.07, 6.45) is -4.22. The number of nitrogens with one attached hydrogen (secondary N) is 1. The Kier molecular flexibility index (Phi) is 7.09. The third kappa shape index (κ3) is 6.51. The van der Waals surface area contributed by atoms with E-state index in [1.807, 2.05) is 0 Å². The van der Waals surface area contributed by atoms with Gasteiger partial charge in [-0.1, -0.05) is 18.2 Å². The molecule has 0 spiro atoms. The molecule has 0 radical (unpaired) electrons. The normalized spacial score (nSPS) is 11.0. The van der Waals surface area contributed by atoms with Crippen molar-refractivity contribution in [3.8, 4) is 11.5 Å². The van der Waals surface area contributed by atoms with Crippen LogP contribution in [0.3, 0.4) is 0 Å². The first kappa shape index (κ1) is 24.2. The van der Waals surface area contributed by atoms with Crippen LogP contribution in [0.1, 0.15) is 17.5 Å². The van der Waals surface area contributed by atoms with Crippen LogP contribution in [-0.4, -0.2) is 15.8 Å². The molecule has 176 valence electrons. The highest BCUT2D eigenvalue weighted by molar-refractivity contribution is 5.90. The number of hydrogen-bond donors (Lipinski definition) is 1. The summed E-state index contributed by atoms with van der Waals surface area (Å²) in [7, 11) is 0. The van der Waals surface area contributed by atoms with E-state index in [4.69, 9.17) is 4.74 Å². The molecule has 12 heteroatoms. The van der Waals surface area contributed by atoms with Crippen LogP contribution in [0.4, 0.5) is 30.2 Å².